The quantitative estimate of drug-likeness (QED) is 0.506. The van der Waals surface area contributed by atoms with Crippen molar-refractivity contribution in [2.24, 2.45) is 0 Å². The van der Waals surface area contributed by atoms with E-state index in [0.29, 0.717) is 23.8 Å². The minimum absolute atomic E-state index is 0.164. The average molecular weight is 404 g/mol. The summed E-state index contributed by atoms with van der Waals surface area (Å²) in [6.45, 7) is 8.73. The second kappa shape index (κ2) is 9.49. The molecule has 0 heterocycles. The predicted octanol–water partition coefficient (Wildman–Crippen LogP) is 6.27. The van der Waals surface area contributed by atoms with Crippen LogP contribution in [0.25, 0.3) is 0 Å². The molecule has 156 valence electrons. The first-order chi connectivity index (χ1) is 14.4. The Labute approximate surface area is 178 Å². The molecule has 4 heteroatoms. The van der Waals surface area contributed by atoms with Crippen LogP contribution < -0.4 is 14.8 Å². The van der Waals surface area contributed by atoms with Gasteiger partial charge in [0.2, 0.25) is 0 Å². The third-order valence-corrected chi connectivity index (χ3v) is 5.25. The molecule has 4 nitrogen and oxygen atoms in total. The highest BCUT2D eigenvalue weighted by Crippen LogP contribution is 2.24. The van der Waals surface area contributed by atoms with E-state index in [1.54, 1.807) is 19.2 Å². The molecule has 30 heavy (non-hydrogen) atoms. The largest absolute Gasteiger partial charge is 0.496 e. The smallest absolute Gasteiger partial charge is 0.255 e. The fourth-order valence-corrected chi connectivity index (χ4v) is 3.15. The minimum atomic E-state index is -0.164. The number of benzene rings is 3. The number of amides is 1. The number of ether oxygens (including phenoxy) is 2. The molecule has 0 aliphatic rings. The summed E-state index contributed by atoms with van der Waals surface area (Å²) in [6, 6.07) is 19.3. The van der Waals surface area contributed by atoms with E-state index in [1.807, 2.05) is 48.5 Å². The zero-order valence-corrected chi connectivity index (χ0v) is 18.3. The molecule has 0 aromatic heterocycles. The second-order valence-electron chi connectivity index (χ2n) is 7.79. The lowest BCUT2D eigenvalue weighted by atomic mass is 10.0. The second-order valence-corrected chi connectivity index (χ2v) is 7.79. The van der Waals surface area contributed by atoms with Gasteiger partial charge in [0.1, 0.15) is 18.1 Å². The van der Waals surface area contributed by atoms with Crippen molar-refractivity contribution in [3.63, 3.8) is 0 Å². The van der Waals surface area contributed by atoms with E-state index in [1.165, 1.54) is 16.7 Å². The van der Waals surface area contributed by atoms with Crippen LogP contribution in [0.4, 0.5) is 5.69 Å². The highest BCUT2D eigenvalue weighted by Gasteiger charge is 2.12. The van der Waals surface area contributed by atoms with Gasteiger partial charge in [-0.15, -0.1) is 0 Å². The van der Waals surface area contributed by atoms with Crippen LogP contribution in [0.2, 0.25) is 0 Å². The summed E-state index contributed by atoms with van der Waals surface area (Å²) in [5.74, 6) is 1.77. The Morgan fingerprint density at radius 2 is 1.67 bits per heavy atom. The van der Waals surface area contributed by atoms with Gasteiger partial charge in [-0.3, -0.25) is 4.79 Å². The zero-order chi connectivity index (χ0) is 21.7. The Morgan fingerprint density at radius 3 is 2.30 bits per heavy atom. The lowest BCUT2D eigenvalue weighted by molar-refractivity contribution is 0.102. The molecule has 3 aromatic carbocycles. The first kappa shape index (κ1) is 21.4. The Kier molecular flexibility index (Phi) is 6.78. The van der Waals surface area contributed by atoms with Gasteiger partial charge in [-0.2, -0.15) is 0 Å². The number of hydrogen-bond donors (Lipinski definition) is 1. The first-order valence-electron chi connectivity index (χ1n) is 10.2. The van der Waals surface area contributed by atoms with Crippen molar-refractivity contribution in [2.75, 3.05) is 12.4 Å². The Hall–Kier alpha value is -3.27. The van der Waals surface area contributed by atoms with Gasteiger partial charge in [-0.05, 0) is 78.9 Å². The van der Waals surface area contributed by atoms with Gasteiger partial charge in [0.15, 0.2) is 0 Å². The van der Waals surface area contributed by atoms with E-state index >= 15 is 0 Å². The molecule has 0 saturated carbocycles. The Balaban J connectivity index is 1.74. The number of carbonyl (C=O) groups is 1. The molecule has 1 N–H and O–H groups in total. The normalized spacial score (nSPS) is 10.7. The van der Waals surface area contributed by atoms with Crippen molar-refractivity contribution in [2.45, 2.75) is 40.2 Å². The number of rotatable bonds is 7. The predicted molar refractivity (Wildman–Crippen MR) is 122 cm³/mol. The van der Waals surface area contributed by atoms with Crippen LogP contribution in [0.1, 0.15) is 52.4 Å². The van der Waals surface area contributed by atoms with E-state index in [9.17, 15) is 4.79 Å². The summed E-state index contributed by atoms with van der Waals surface area (Å²) in [4.78, 5) is 12.7. The van der Waals surface area contributed by atoms with Gasteiger partial charge in [0.05, 0.1) is 7.11 Å². The monoisotopic (exact) mass is 403 g/mol. The molecule has 1 amide bonds. The number of aryl methyl sites for hydroxylation is 2. The van der Waals surface area contributed by atoms with Crippen molar-refractivity contribution < 1.29 is 14.3 Å². The third kappa shape index (κ3) is 5.20. The number of methoxy groups -OCH3 is 1. The highest BCUT2D eigenvalue weighted by molar-refractivity contribution is 6.04. The van der Waals surface area contributed by atoms with Crippen molar-refractivity contribution in [3.8, 4) is 11.5 Å². The lowest BCUT2D eigenvalue weighted by Crippen LogP contribution is -2.13. The molecule has 0 atom stereocenters. The molecule has 3 rings (SSSR count). The molecule has 0 aliphatic carbocycles. The molecule has 0 fully saturated rings. The maximum Gasteiger partial charge on any atom is 0.255 e. The zero-order valence-electron chi connectivity index (χ0n) is 18.3. The van der Waals surface area contributed by atoms with E-state index in [0.717, 1.165) is 17.0 Å². The van der Waals surface area contributed by atoms with Crippen LogP contribution >= 0.6 is 0 Å². The maximum atomic E-state index is 12.7. The molecule has 0 saturated heterocycles. The SMILES string of the molecule is COc1ccc(C(=O)Nc2ccc(C(C)C)cc2)cc1COc1ccc(C)c(C)c1. The summed E-state index contributed by atoms with van der Waals surface area (Å²) < 4.78 is 11.4. The van der Waals surface area contributed by atoms with Crippen molar-refractivity contribution in [1.82, 2.24) is 0 Å². The Bertz CT molecular complexity index is 1020. The summed E-state index contributed by atoms with van der Waals surface area (Å²) >= 11 is 0. The summed E-state index contributed by atoms with van der Waals surface area (Å²) in [6.07, 6.45) is 0. The van der Waals surface area contributed by atoms with Crippen molar-refractivity contribution in [3.05, 3.63) is 88.5 Å². The molecule has 0 radical (unpaired) electrons. The minimum Gasteiger partial charge on any atom is -0.496 e. The number of hydrogen-bond acceptors (Lipinski definition) is 3. The molecular weight excluding hydrogens is 374 g/mol. The molecule has 0 bridgehead atoms. The molecular formula is C26H29NO3. The number of anilines is 1. The van der Waals surface area contributed by atoms with Gasteiger partial charge in [0.25, 0.3) is 5.91 Å². The van der Waals surface area contributed by atoms with Crippen LogP contribution in [0.3, 0.4) is 0 Å². The van der Waals surface area contributed by atoms with E-state index in [4.69, 9.17) is 9.47 Å². The van der Waals surface area contributed by atoms with E-state index in [2.05, 4.69) is 33.0 Å². The van der Waals surface area contributed by atoms with Gasteiger partial charge in [-0.25, -0.2) is 0 Å². The van der Waals surface area contributed by atoms with E-state index < -0.39 is 0 Å². The van der Waals surface area contributed by atoms with E-state index in [-0.39, 0.29) is 5.91 Å². The molecule has 3 aromatic rings. The van der Waals surface area contributed by atoms with Crippen LogP contribution in [-0.2, 0) is 6.61 Å². The topological polar surface area (TPSA) is 47.6 Å². The van der Waals surface area contributed by atoms with Crippen LogP contribution in [0, 0.1) is 13.8 Å². The number of carbonyl (C=O) groups excluding carboxylic acids is 1. The number of nitrogens with one attached hydrogen (secondary N) is 1. The van der Waals surface area contributed by atoms with Crippen LogP contribution in [-0.4, -0.2) is 13.0 Å². The standard InChI is InChI=1S/C26H29NO3/c1-17(2)20-7-10-23(11-8-20)27-26(28)21-9-13-25(29-5)22(15-21)16-30-24-12-6-18(3)19(4)14-24/h6-15,17H,16H2,1-5H3,(H,27,28). The lowest BCUT2D eigenvalue weighted by Gasteiger charge is -2.13. The average Bonchev–Trinajstić information content (AvgIpc) is 2.74. The third-order valence-electron chi connectivity index (χ3n) is 5.25. The van der Waals surface area contributed by atoms with Crippen molar-refractivity contribution >= 4 is 11.6 Å². The van der Waals surface area contributed by atoms with Gasteiger partial charge in [0, 0.05) is 16.8 Å². The van der Waals surface area contributed by atoms with Gasteiger partial charge < -0.3 is 14.8 Å². The van der Waals surface area contributed by atoms with Gasteiger partial charge >= 0.3 is 0 Å². The summed E-state index contributed by atoms with van der Waals surface area (Å²) in [5.41, 5.74) is 5.79. The first-order valence-corrected chi connectivity index (χ1v) is 10.2. The fraction of sp³-hybridized carbons (Fsp3) is 0.269. The molecule has 0 unspecified atom stereocenters. The van der Waals surface area contributed by atoms with Crippen LogP contribution in [0.5, 0.6) is 11.5 Å². The Morgan fingerprint density at radius 1 is 0.933 bits per heavy atom. The van der Waals surface area contributed by atoms with Gasteiger partial charge in [-0.1, -0.05) is 32.0 Å². The fourth-order valence-electron chi connectivity index (χ4n) is 3.15. The van der Waals surface area contributed by atoms with Crippen LogP contribution in [0.15, 0.2) is 60.7 Å². The maximum absolute atomic E-state index is 12.7. The highest BCUT2D eigenvalue weighted by atomic mass is 16.5. The summed E-state index contributed by atoms with van der Waals surface area (Å²) in [7, 11) is 1.62. The van der Waals surface area contributed by atoms with Crippen molar-refractivity contribution in [1.29, 1.82) is 0 Å². The molecule has 0 aliphatic heterocycles. The summed E-state index contributed by atoms with van der Waals surface area (Å²) in [5, 5.41) is 2.96. The molecule has 0 spiro atoms.